The van der Waals surface area contributed by atoms with Crippen LogP contribution < -0.4 is 0 Å². The van der Waals surface area contributed by atoms with Gasteiger partial charge in [-0.2, -0.15) is 0 Å². The smallest absolute Gasteiger partial charge is 0.341 e. The Balaban J connectivity index is 1.49. The van der Waals surface area contributed by atoms with Gasteiger partial charge in [-0.15, -0.1) is 0 Å². The van der Waals surface area contributed by atoms with E-state index in [-0.39, 0.29) is 11.3 Å². The zero-order chi connectivity index (χ0) is 17.8. The Kier molecular flexibility index (Phi) is 3.93. The number of amides is 1. The maximum absolute atomic E-state index is 13.3. The molecule has 0 atom stereocenters. The predicted molar refractivity (Wildman–Crippen MR) is 91.9 cm³/mol. The van der Waals surface area contributed by atoms with Crippen molar-refractivity contribution in [3.8, 4) is 0 Å². The van der Waals surface area contributed by atoms with Gasteiger partial charge in [0.1, 0.15) is 17.1 Å². The first-order chi connectivity index (χ1) is 11.9. The molecule has 4 aliphatic carbocycles. The summed E-state index contributed by atoms with van der Waals surface area (Å²) in [6.45, 7) is 2.15. The van der Waals surface area contributed by atoms with Crippen LogP contribution in [0.4, 0.5) is 0 Å². The third-order valence-corrected chi connectivity index (χ3v) is 6.61. The highest BCUT2D eigenvalue weighted by Gasteiger charge is 2.55. The van der Waals surface area contributed by atoms with Crippen molar-refractivity contribution in [3.63, 3.8) is 0 Å². The summed E-state index contributed by atoms with van der Waals surface area (Å²) < 4.78 is 10.5. The number of methoxy groups -OCH3 is 1. The van der Waals surface area contributed by atoms with Gasteiger partial charge in [0.2, 0.25) is 5.91 Å². The molecule has 1 amide bonds. The molecule has 5 rings (SSSR count). The summed E-state index contributed by atoms with van der Waals surface area (Å²) in [5, 5.41) is 0. The number of carbonyl (C=O) groups excluding carboxylic acids is 2. The molecule has 1 aromatic rings. The van der Waals surface area contributed by atoms with Crippen LogP contribution in [0.1, 0.15) is 60.4 Å². The van der Waals surface area contributed by atoms with Crippen molar-refractivity contribution in [1.29, 1.82) is 0 Å². The second-order valence-electron chi connectivity index (χ2n) is 8.53. The maximum Gasteiger partial charge on any atom is 0.341 e. The van der Waals surface area contributed by atoms with Crippen LogP contribution in [0.2, 0.25) is 0 Å². The van der Waals surface area contributed by atoms with Crippen LogP contribution in [0.15, 0.2) is 10.5 Å². The van der Waals surface area contributed by atoms with Crippen molar-refractivity contribution in [3.05, 3.63) is 23.2 Å². The summed E-state index contributed by atoms with van der Waals surface area (Å²) in [6.07, 6.45) is 7.18. The first-order valence-corrected chi connectivity index (χ1v) is 9.33. The first-order valence-electron chi connectivity index (χ1n) is 9.33. The fourth-order valence-electron chi connectivity index (χ4n) is 6.02. The molecule has 0 unspecified atom stereocenters. The van der Waals surface area contributed by atoms with Gasteiger partial charge in [-0.3, -0.25) is 4.79 Å². The van der Waals surface area contributed by atoms with Crippen molar-refractivity contribution in [2.45, 2.75) is 52.0 Å². The average molecular weight is 345 g/mol. The molecule has 4 bridgehead atoms. The number of rotatable bonds is 4. The van der Waals surface area contributed by atoms with E-state index < -0.39 is 5.97 Å². The molecule has 0 spiro atoms. The lowest BCUT2D eigenvalue weighted by molar-refractivity contribution is -0.157. The first kappa shape index (κ1) is 16.7. The van der Waals surface area contributed by atoms with Crippen LogP contribution in [0.25, 0.3) is 0 Å². The van der Waals surface area contributed by atoms with Gasteiger partial charge in [-0.1, -0.05) is 0 Å². The van der Waals surface area contributed by atoms with Gasteiger partial charge in [0.05, 0.1) is 19.1 Å². The van der Waals surface area contributed by atoms with E-state index in [0.29, 0.717) is 23.6 Å². The molecule has 0 N–H and O–H groups in total. The average Bonchev–Trinajstić information content (AvgIpc) is 2.92. The van der Waals surface area contributed by atoms with Gasteiger partial charge < -0.3 is 14.1 Å². The van der Waals surface area contributed by atoms with Gasteiger partial charge in [0.25, 0.3) is 0 Å². The van der Waals surface area contributed by atoms with Gasteiger partial charge in [-0.25, -0.2) is 4.79 Å². The largest absolute Gasteiger partial charge is 0.465 e. The van der Waals surface area contributed by atoms with Gasteiger partial charge in [0.15, 0.2) is 0 Å². The minimum atomic E-state index is -0.400. The molecular formula is C20H27NO4. The van der Waals surface area contributed by atoms with E-state index >= 15 is 0 Å². The second-order valence-corrected chi connectivity index (χ2v) is 8.53. The Hall–Kier alpha value is -1.78. The molecule has 1 aromatic heterocycles. The number of hydrogen-bond donors (Lipinski definition) is 0. The normalized spacial score (nSPS) is 32.7. The van der Waals surface area contributed by atoms with Crippen LogP contribution in [-0.4, -0.2) is 30.9 Å². The number of nitrogens with zero attached hydrogens (tertiary/aromatic N) is 1. The highest BCUT2D eigenvalue weighted by Crippen LogP contribution is 2.60. The van der Waals surface area contributed by atoms with Gasteiger partial charge >= 0.3 is 5.97 Å². The molecule has 0 aromatic carbocycles. The summed E-state index contributed by atoms with van der Waals surface area (Å²) in [5.74, 6) is 3.29. The zero-order valence-electron chi connectivity index (χ0n) is 15.3. The highest BCUT2D eigenvalue weighted by atomic mass is 16.5. The molecule has 4 fully saturated rings. The third-order valence-electron chi connectivity index (χ3n) is 6.61. The fraction of sp³-hybridized carbons (Fsp3) is 0.700. The van der Waals surface area contributed by atoms with Crippen molar-refractivity contribution in [2.24, 2.45) is 23.2 Å². The monoisotopic (exact) mass is 345 g/mol. The molecule has 1 heterocycles. The summed E-state index contributed by atoms with van der Waals surface area (Å²) in [4.78, 5) is 26.8. The topological polar surface area (TPSA) is 59.8 Å². The van der Waals surface area contributed by atoms with Crippen molar-refractivity contribution in [1.82, 2.24) is 4.90 Å². The molecule has 0 aliphatic heterocycles. The molecule has 136 valence electrons. The van der Waals surface area contributed by atoms with E-state index in [0.717, 1.165) is 37.0 Å². The number of hydrogen-bond acceptors (Lipinski definition) is 4. The van der Waals surface area contributed by atoms with E-state index in [2.05, 4.69) is 0 Å². The Morgan fingerprint density at radius 2 is 1.76 bits per heavy atom. The molecule has 5 nitrogen and oxygen atoms in total. The standard InChI is InChI=1S/C20H27NO4/c1-12-17(18(22)24-3)7-16(25-12)11-21(2)19(23)20-8-13-4-14(9-20)6-15(5-13)10-20/h7,13-15H,4-6,8-11H2,1-3H3. The Morgan fingerprint density at radius 3 is 2.28 bits per heavy atom. The number of esters is 1. The van der Waals surface area contributed by atoms with Crippen molar-refractivity contribution >= 4 is 11.9 Å². The highest BCUT2D eigenvalue weighted by molar-refractivity contribution is 5.90. The van der Waals surface area contributed by atoms with E-state index in [4.69, 9.17) is 9.15 Å². The minimum Gasteiger partial charge on any atom is -0.465 e. The second kappa shape index (κ2) is 5.89. The van der Waals surface area contributed by atoms with E-state index in [1.54, 1.807) is 17.9 Å². The van der Waals surface area contributed by atoms with Gasteiger partial charge in [-0.05, 0) is 69.3 Å². The van der Waals surface area contributed by atoms with Crippen LogP contribution in [0.3, 0.4) is 0 Å². The number of aryl methyl sites for hydroxylation is 1. The molecule has 5 heteroatoms. The van der Waals surface area contributed by atoms with Crippen LogP contribution in [0, 0.1) is 30.1 Å². The quantitative estimate of drug-likeness (QED) is 0.783. The predicted octanol–water partition coefficient (Wildman–Crippen LogP) is 3.55. The molecular weight excluding hydrogens is 318 g/mol. The van der Waals surface area contributed by atoms with Crippen LogP contribution >= 0.6 is 0 Å². The summed E-state index contributed by atoms with van der Waals surface area (Å²) >= 11 is 0. The lowest BCUT2D eigenvalue weighted by Crippen LogP contribution is -2.53. The summed E-state index contributed by atoms with van der Waals surface area (Å²) in [5.41, 5.74) is 0.296. The molecule has 4 saturated carbocycles. The SMILES string of the molecule is COC(=O)c1cc(CN(C)C(=O)C23CC4CC(CC(C4)C2)C3)oc1C. The Morgan fingerprint density at radius 1 is 1.20 bits per heavy atom. The molecule has 0 saturated heterocycles. The van der Waals surface area contributed by atoms with Gasteiger partial charge in [0, 0.05) is 7.05 Å². The number of furan rings is 1. The van der Waals surface area contributed by atoms with E-state index in [1.165, 1.54) is 26.4 Å². The zero-order valence-corrected chi connectivity index (χ0v) is 15.3. The van der Waals surface area contributed by atoms with Crippen molar-refractivity contribution in [2.75, 3.05) is 14.2 Å². The third kappa shape index (κ3) is 2.77. The minimum absolute atomic E-state index is 0.143. The summed E-state index contributed by atoms with van der Waals surface area (Å²) in [7, 11) is 3.22. The Bertz CT molecular complexity index is 669. The van der Waals surface area contributed by atoms with Crippen LogP contribution in [0.5, 0.6) is 0 Å². The van der Waals surface area contributed by atoms with Crippen LogP contribution in [-0.2, 0) is 16.1 Å². The Labute approximate surface area is 148 Å². The lowest BCUT2D eigenvalue weighted by Gasteiger charge is -2.56. The van der Waals surface area contributed by atoms with E-state index in [1.807, 2.05) is 7.05 Å². The lowest BCUT2D eigenvalue weighted by atomic mass is 9.49. The number of ether oxygens (including phenoxy) is 1. The molecule has 25 heavy (non-hydrogen) atoms. The number of carbonyl (C=O) groups is 2. The molecule has 0 radical (unpaired) electrons. The summed E-state index contributed by atoms with van der Waals surface area (Å²) in [6, 6.07) is 1.70. The fourth-order valence-corrected chi connectivity index (χ4v) is 6.02. The maximum atomic E-state index is 13.3. The molecule has 4 aliphatic rings. The van der Waals surface area contributed by atoms with Crippen molar-refractivity contribution < 1.29 is 18.7 Å². The van der Waals surface area contributed by atoms with E-state index in [9.17, 15) is 9.59 Å².